The minimum Gasteiger partial charge on any atom is -0.363 e. The van der Waals surface area contributed by atoms with Gasteiger partial charge in [0, 0.05) is 25.3 Å². The third-order valence-electron chi connectivity index (χ3n) is 3.92. The van der Waals surface area contributed by atoms with E-state index < -0.39 is 0 Å². The fourth-order valence-corrected chi connectivity index (χ4v) is 2.87. The van der Waals surface area contributed by atoms with Crippen LogP contribution in [-0.4, -0.2) is 6.54 Å². The van der Waals surface area contributed by atoms with Crippen LogP contribution >= 0.6 is 0 Å². The molecule has 0 aromatic heterocycles. The van der Waals surface area contributed by atoms with Crippen LogP contribution in [0.1, 0.15) is 30.0 Å². The van der Waals surface area contributed by atoms with Crippen LogP contribution in [0, 0.1) is 0 Å². The Balaban J connectivity index is 1.78. The second-order valence-electron chi connectivity index (χ2n) is 5.43. The second-order valence-corrected chi connectivity index (χ2v) is 5.43. The Morgan fingerprint density at radius 3 is 2.30 bits per heavy atom. The third kappa shape index (κ3) is 2.70. The molecule has 0 amide bonds. The Kier molecular flexibility index (Phi) is 4.03. The number of nitrogens with one attached hydrogen (secondary N) is 1. The Labute approximate surface area is 121 Å². The molecule has 2 nitrogen and oxygen atoms in total. The standard InChI is InChI=1S/C18H22N2/c1-2-11-19-12-15-7-5-6-10-18(15)20-13-16-8-3-4-9-17(16)14-20/h3-10,19H,2,11-14H2,1H3. The van der Waals surface area contributed by atoms with Crippen LogP contribution in [-0.2, 0) is 19.6 Å². The van der Waals surface area contributed by atoms with E-state index in [1.807, 2.05) is 0 Å². The van der Waals surface area contributed by atoms with E-state index >= 15 is 0 Å². The fraction of sp³-hybridized carbons (Fsp3) is 0.333. The molecule has 1 aliphatic heterocycles. The van der Waals surface area contributed by atoms with Crippen LogP contribution in [0.3, 0.4) is 0 Å². The average Bonchev–Trinajstić information content (AvgIpc) is 2.92. The molecule has 0 unspecified atom stereocenters. The van der Waals surface area contributed by atoms with Gasteiger partial charge in [0.25, 0.3) is 0 Å². The Hall–Kier alpha value is -1.80. The van der Waals surface area contributed by atoms with Gasteiger partial charge in [-0.15, -0.1) is 0 Å². The number of anilines is 1. The predicted molar refractivity (Wildman–Crippen MR) is 84.8 cm³/mol. The molecule has 1 N–H and O–H groups in total. The fourth-order valence-electron chi connectivity index (χ4n) is 2.87. The van der Waals surface area contributed by atoms with Gasteiger partial charge in [-0.25, -0.2) is 0 Å². The minimum absolute atomic E-state index is 0.955. The van der Waals surface area contributed by atoms with E-state index in [1.54, 1.807) is 0 Å². The molecule has 1 aliphatic rings. The summed E-state index contributed by atoms with van der Waals surface area (Å²) in [5, 5.41) is 3.51. The van der Waals surface area contributed by atoms with Crippen LogP contribution in [0.25, 0.3) is 0 Å². The molecular weight excluding hydrogens is 244 g/mol. The van der Waals surface area contributed by atoms with Gasteiger partial charge >= 0.3 is 0 Å². The van der Waals surface area contributed by atoms with Crippen molar-refractivity contribution in [1.82, 2.24) is 5.32 Å². The van der Waals surface area contributed by atoms with Gasteiger partial charge in [0.05, 0.1) is 0 Å². The van der Waals surface area contributed by atoms with E-state index in [0.29, 0.717) is 0 Å². The Bertz CT molecular complexity index is 552. The highest BCUT2D eigenvalue weighted by atomic mass is 15.1. The molecule has 0 radical (unpaired) electrons. The van der Waals surface area contributed by atoms with Gasteiger partial charge in [-0.2, -0.15) is 0 Å². The quantitative estimate of drug-likeness (QED) is 0.830. The smallest absolute Gasteiger partial charge is 0.0436 e. The Morgan fingerprint density at radius 2 is 1.60 bits per heavy atom. The van der Waals surface area contributed by atoms with E-state index in [4.69, 9.17) is 0 Å². The maximum atomic E-state index is 3.51. The summed E-state index contributed by atoms with van der Waals surface area (Å²) in [6.07, 6.45) is 1.18. The average molecular weight is 266 g/mol. The topological polar surface area (TPSA) is 15.3 Å². The van der Waals surface area contributed by atoms with Gasteiger partial charge in [-0.1, -0.05) is 49.4 Å². The van der Waals surface area contributed by atoms with Gasteiger partial charge < -0.3 is 10.2 Å². The van der Waals surface area contributed by atoms with Crippen LogP contribution < -0.4 is 10.2 Å². The van der Waals surface area contributed by atoms with Crippen molar-refractivity contribution in [2.24, 2.45) is 0 Å². The SMILES string of the molecule is CCCNCc1ccccc1N1Cc2ccccc2C1. The third-order valence-corrected chi connectivity index (χ3v) is 3.92. The largest absolute Gasteiger partial charge is 0.363 e. The number of fused-ring (bicyclic) bond motifs is 1. The normalized spacial score (nSPS) is 13.6. The van der Waals surface area contributed by atoms with Crippen molar-refractivity contribution < 1.29 is 0 Å². The number of rotatable bonds is 5. The maximum absolute atomic E-state index is 3.51. The first-order valence-electron chi connectivity index (χ1n) is 7.49. The molecular formula is C18H22N2. The summed E-state index contributed by atoms with van der Waals surface area (Å²) in [5.41, 5.74) is 5.69. The van der Waals surface area contributed by atoms with Gasteiger partial charge in [0.1, 0.15) is 0 Å². The molecule has 0 atom stereocenters. The monoisotopic (exact) mass is 266 g/mol. The number of benzene rings is 2. The summed E-state index contributed by atoms with van der Waals surface area (Å²) in [5.74, 6) is 0. The van der Waals surface area contributed by atoms with Gasteiger partial charge in [-0.05, 0) is 35.7 Å². The molecule has 0 saturated heterocycles. The summed E-state index contributed by atoms with van der Waals surface area (Å²) in [7, 11) is 0. The molecule has 3 rings (SSSR count). The van der Waals surface area contributed by atoms with E-state index in [-0.39, 0.29) is 0 Å². The molecule has 0 saturated carbocycles. The summed E-state index contributed by atoms with van der Waals surface area (Å²) in [6.45, 7) is 6.30. The zero-order valence-corrected chi connectivity index (χ0v) is 12.1. The lowest BCUT2D eigenvalue weighted by Crippen LogP contribution is -2.20. The van der Waals surface area contributed by atoms with E-state index in [9.17, 15) is 0 Å². The van der Waals surface area contributed by atoms with Crippen molar-refractivity contribution in [1.29, 1.82) is 0 Å². The molecule has 1 heterocycles. The molecule has 2 aromatic rings. The molecule has 20 heavy (non-hydrogen) atoms. The highest BCUT2D eigenvalue weighted by molar-refractivity contribution is 5.57. The zero-order valence-electron chi connectivity index (χ0n) is 12.1. The van der Waals surface area contributed by atoms with Crippen molar-refractivity contribution in [2.45, 2.75) is 33.0 Å². The highest BCUT2D eigenvalue weighted by Crippen LogP contribution is 2.30. The van der Waals surface area contributed by atoms with Crippen molar-refractivity contribution >= 4 is 5.69 Å². The molecule has 0 bridgehead atoms. The first-order chi connectivity index (χ1) is 9.88. The molecule has 0 aliphatic carbocycles. The predicted octanol–water partition coefficient (Wildman–Crippen LogP) is 3.71. The molecule has 2 aromatic carbocycles. The van der Waals surface area contributed by atoms with Crippen LogP contribution in [0.5, 0.6) is 0 Å². The summed E-state index contributed by atoms with van der Waals surface area (Å²) in [4.78, 5) is 2.48. The van der Waals surface area contributed by atoms with E-state index in [0.717, 1.165) is 26.2 Å². The van der Waals surface area contributed by atoms with Crippen molar-refractivity contribution in [3.05, 3.63) is 65.2 Å². The summed E-state index contributed by atoms with van der Waals surface area (Å²) in [6, 6.07) is 17.5. The van der Waals surface area contributed by atoms with Crippen LogP contribution in [0.4, 0.5) is 5.69 Å². The van der Waals surface area contributed by atoms with Crippen LogP contribution in [0.15, 0.2) is 48.5 Å². The zero-order chi connectivity index (χ0) is 13.8. The molecule has 0 fully saturated rings. The lowest BCUT2D eigenvalue weighted by Gasteiger charge is -2.21. The molecule has 104 valence electrons. The first-order valence-corrected chi connectivity index (χ1v) is 7.49. The molecule has 0 spiro atoms. The second kappa shape index (κ2) is 6.10. The van der Waals surface area contributed by atoms with Crippen LogP contribution in [0.2, 0.25) is 0 Å². The maximum Gasteiger partial charge on any atom is 0.0436 e. The van der Waals surface area contributed by atoms with Crippen molar-refractivity contribution in [2.75, 3.05) is 11.4 Å². The highest BCUT2D eigenvalue weighted by Gasteiger charge is 2.20. The van der Waals surface area contributed by atoms with E-state index in [2.05, 4.69) is 65.7 Å². The number of hydrogen-bond acceptors (Lipinski definition) is 2. The van der Waals surface area contributed by atoms with Crippen molar-refractivity contribution in [3.63, 3.8) is 0 Å². The Morgan fingerprint density at radius 1 is 0.950 bits per heavy atom. The number of para-hydroxylation sites is 1. The van der Waals surface area contributed by atoms with Gasteiger partial charge in [-0.3, -0.25) is 0 Å². The summed E-state index contributed by atoms with van der Waals surface area (Å²) >= 11 is 0. The first kappa shape index (κ1) is 13.2. The van der Waals surface area contributed by atoms with E-state index in [1.165, 1.54) is 28.8 Å². The number of nitrogens with zero attached hydrogens (tertiary/aromatic N) is 1. The van der Waals surface area contributed by atoms with Crippen molar-refractivity contribution in [3.8, 4) is 0 Å². The minimum atomic E-state index is 0.955. The van der Waals surface area contributed by atoms with Gasteiger partial charge in [0.15, 0.2) is 0 Å². The van der Waals surface area contributed by atoms with Gasteiger partial charge in [0.2, 0.25) is 0 Å². The lowest BCUT2D eigenvalue weighted by atomic mass is 10.1. The number of hydrogen-bond donors (Lipinski definition) is 1. The molecule has 2 heteroatoms. The summed E-state index contributed by atoms with van der Waals surface area (Å²) < 4.78 is 0. The lowest BCUT2D eigenvalue weighted by molar-refractivity contribution is 0.673.